The molecule has 0 saturated carbocycles. The van der Waals surface area contributed by atoms with Crippen molar-refractivity contribution in [2.75, 3.05) is 19.9 Å². The molecule has 1 N–H and O–H groups in total. The van der Waals surface area contributed by atoms with Gasteiger partial charge in [0, 0.05) is 18.2 Å². The van der Waals surface area contributed by atoms with Crippen LogP contribution in [0.3, 0.4) is 0 Å². The van der Waals surface area contributed by atoms with E-state index in [4.69, 9.17) is 14.2 Å². The average Bonchev–Trinajstić information content (AvgIpc) is 2.95. The van der Waals surface area contributed by atoms with Crippen LogP contribution in [-0.4, -0.2) is 19.9 Å². The zero-order chi connectivity index (χ0) is 15.1. The van der Waals surface area contributed by atoms with Crippen LogP contribution in [0.1, 0.15) is 45.6 Å². The standard InChI is InChI=1S/C17H27NO3/c1-4-7-18-10-14-8-16-17(21-12-20-16)9-15(14)19-11-13(5-2)6-3/h8-9,13,18H,4-7,10-12H2,1-3H3. The summed E-state index contributed by atoms with van der Waals surface area (Å²) in [6.07, 6.45) is 3.41. The van der Waals surface area contributed by atoms with Gasteiger partial charge in [0.05, 0.1) is 6.61 Å². The highest BCUT2D eigenvalue weighted by Gasteiger charge is 2.18. The Morgan fingerprint density at radius 1 is 1.14 bits per heavy atom. The number of ether oxygens (including phenoxy) is 3. The fourth-order valence-electron chi connectivity index (χ4n) is 2.37. The minimum atomic E-state index is 0.299. The molecule has 2 rings (SSSR count). The van der Waals surface area contributed by atoms with Crippen LogP contribution in [0, 0.1) is 5.92 Å². The number of nitrogens with one attached hydrogen (secondary N) is 1. The van der Waals surface area contributed by atoms with E-state index in [1.54, 1.807) is 0 Å². The van der Waals surface area contributed by atoms with Crippen LogP contribution in [0.2, 0.25) is 0 Å². The van der Waals surface area contributed by atoms with E-state index < -0.39 is 0 Å². The molecule has 0 bridgehead atoms. The predicted octanol–water partition coefficient (Wildman–Crippen LogP) is 3.73. The smallest absolute Gasteiger partial charge is 0.231 e. The van der Waals surface area contributed by atoms with Crippen molar-refractivity contribution in [1.82, 2.24) is 5.32 Å². The van der Waals surface area contributed by atoms with Gasteiger partial charge in [-0.05, 0) is 24.9 Å². The van der Waals surface area contributed by atoms with Crippen molar-refractivity contribution < 1.29 is 14.2 Å². The van der Waals surface area contributed by atoms with E-state index in [-0.39, 0.29) is 0 Å². The van der Waals surface area contributed by atoms with Crippen molar-refractivity contribution in [3.05, 3.63) is 17.7 Å². The zero-order valence-electron chi connectivity index (χ0n) is 13.4. The lowest BCUT2D eigenvalue weighted by Gasteiger charge is -2.17. The van der Waals surface area contributed by atoms with Crippen LogP contribution in [0.25, 0.3) is 0 Å². The second-order valence-electron chi connectivity index (χ2n) is 5.48. The van der Waals surface area contributed by atoms with Gasteiger partial charge >= 0.3 is 0 Å². The lowest BCUT2D eigenvalue weighted by Crippen LogP contribution is -2.16. The number of rotatable bonds is 9. The van der Waals surface area contributed by atoms with Crippen molar-refractivity contribution in [3.63, 3.8) is 0 Å². The van der Waals surface area contributed by atoms with E-state index in [0.717, 1.165) is 61.8 Å². The summed E-state index contributed by atoms with van der Waals surface area (Å²) in [6, 6.07) is 4.00. The minimum absolute atomic E-state index is 0.299. The van der Waals surface area contributed by atoms with Gasteiger partial charge in [-0.3, -0.25) is 0 Å². The molecule has 0 amide bonds. The molecular weight excluding hydrogens is 266 g/mol. The fraction of sp³-hybridized carbons (Fsp3) is 0.647. The summed E-state index contributed by atoms with van der Waals surface area (Å²) in [7, 11) is 0. The van der Waals surface area contributed by atoms with Gasteiger partial charge in [-0.25, -0.2) is 0 Å². The van der Waals surface area contributed by atoms with Crippen LogP contribution in [-0.2, 0) is 6.54 Å². The molecule has 21 heavy (non-hydrogen) atoms. The molecule has 0 aliphatic carbocycles. The van der Waals surface area contributed by atoms with Crippen molar-refractivity contribution in [2.45, 2.75) is 46.6 Å². The van der Waals surface area contributed by atoms with Crippen LogP contribution < -0.4 is 19.5 Å². The first-order chi connectivity index (χ1) is 10.3. The summed E-state index contributed by atoms with van der Waals surface area (Å²) >= 11 is 0. The largest absolute Gasteiger partial charge is 0.493 e. The summed E-state index contributed by atoms with van der Waals surface area (Å²) in [5.41, 5.74) is 1.14. The van der Waals surface area contributed by atoms with Gasteiger partial charge in [-0.15, -0.1) is 0 Å². The molecule has 0 atom stereocenters. The highest BCUT2D eigenvalue weighted by atomic mass is 16.7. The molecule has 1 heterocycles. The van der Waals surface area contributed by atoms with Crippen molar-refractivity contribution in [3.8, 4) is 17.2 Å². The molecule has 0 saturated heterocycles. The Bertz CT molecular complexity index is 444. The fourth-order valence-corrected chi connectivity index (χ4v) is 2.37. The van der Waals surface area contributed by atoms with E-state index in [1.165, 1.54) is 0 Å². The summed E-state index contributed by atoms with van der Waals surface area (Å²) in [6.45, 7) is 9.43. The first kappa shape index (κ1) is 16.0. The van der Waals surface area contributed by atoms with Gasteiger partial charge in [0.2, 0.25) is 6.79 Å². The quantitative estimate of drug-likeness (QED) is 0.704. The maximum atomic E-state index is 6.06. The molecule has 0 fully saturated rings. The zero-order valence-corrected chi connectivity index (χ0v) is 13.4. The Morgan fingerprint density at radius 3 is 2.52 bits per heavy atom. The molecule has 1 aromatic rings. The van der Waals surface area contributed by atoms with E-state index in [2.05, 4.69) is 26.1 Å². The number of hydrogen-bond donors (Lipinski definition) is 1. The van der Waals surface area contributed by atoms with Gasteiger partial charge < -0.3 is 19.5 Å². The Morgan fingerprint density at radius 2 is 1.86 bits per heavy atom. The first-order valence-corrected chi connectivity index (χ1v) is 8.04. The molecule has 0 aromatic heterocycles. The molecule has 4 heteroatoms. The maximum Gasteiger partial charge on any atom is 0.231 e. The van der Waals surface area contributed by atoms with E-state index in [1.807, 2.05) is 12.1 Å². The van der Waals surface area contributed by atoms with E-state index >= 15 is 0 Å². The van der Waals surface area contributed by atoms with E-state index in [9.17, 15) is 0 Å². The van der Waals surface area contributed by atoms with Gasteiger partial charge in [0.25, 0.3) is 0 Å². The third kappa shape index (κ3) is 4.27. The van der Waals surface area contributed by atoms with Crippen molar-refractivity contribution in [1.29, 1.82) is 0 Å². The van der Waals surface area contributed by atoms with Gasteiger partial charge in [0.15, 0.2) is 11.5 Å². The third-order valence-corrected chi connectivity index (χ3v) is 3.93. The highest BCUT2D eigenvalue weighted by molar-refractivity contribution is 5.51. The molecule has 0 unspecified atom stereocenters. The molecular formula is C17H27NO3. The van der Waals surface area contributed by atoms with Gasteiger partial charge in [-0.1, -0.05) is 33.6 Å². The predicted molar refractivity (Wildman–Crippen MR) is 84.1 cm³/mol. The van der Waals surface area contributed by atoms with Crippen molar-refractivity contribution >= 4 is 0 Å². The third-order valence-electron chi connectivity index (χ3n) is 3.93. The number of fused-ring (bicyclic) bond motifs is 1. The molecule has 0 spiro atoms. The second-order valence-corrected chi connectivity index (χ2v) is 5.48. The minimum Gasteiger partial charge on any atom is -0.493 e. The molecule has 1 aliphatic heterocycles. The van der Waals surface area contributed by atoms with Crippen LogP contribution in [0.15, 0.2) is 12.1 Å². The monoisotopic (exact) mass is 293 g/mol. The van der Waals surface area contributed by atoms with Crippen LogP contribution >= 0.6 is 0 Å². The molecule has 1 aliphatic rings. The normalized spacial score (nSPS) is 13.0. The van der Waals surface area contributed by atoms with Crippen molar-refractivity contribution in [2.24, 2.45) is 5.92 Å². The second kappa shape index (κ2) is 8.13. The highest BCUT2D eigenvalue weighted by Crippen LogP contribution is 2.38. The number of benzene rings is 1. The molecule has 1 aromatic carbocycles. The maximum absolute atomic E-state index is 6.06. The number of hydrogen-bond acceptors (Lipinski definition) is 4. The van der Waals surface area contributed by atoms with E-state index in [0.29, 0.717) is 12.7 Å². The Labute approximate surface area is 127 Å². The summed E-state index contributed by atoms with van der Waals surface area (Å²) in [4.78, 5) is 0. The molecule has 4 nitrogen and oxygen atoms in total. The Kier molecular flexibility index (Phi) is 6.18. The summed E-state index contributed by atoms with van der Waals surface area (Å²) in [5, 5.41) is 3.42. The summed E-state index contributed by atoms with van der Waals surface area (Å²) < 4.78 is 17.0. The lowest BCUT2D eigenvalue weighted by atomic mass is 10.1. The molecule has 118 valence electrons. The Balaban J connectivity index is 2.08. The van der Waals surface area contributed by atoms with Crippen LogP contribution in [0.4, 0.5) is 0 Å². The first-order valence-electron chi connectivity index (χ1n) is 8.04. The molecule has 0 radical (unpaired) electrons. The average molecular weight is 293 g/mol. The topological polar surface area (TPSA) is 39.7 Å². The van der Waals surface area contributed by atoms with Crippen LogP contribution in [0.5, 0.6) is 17.2 Å². The lowest BCUT2D eigenvalue weighted by molar-refractivity contribution is 0.173. The van der Waals surface area contributed by atoms with Gasteiger partial charge in [0.1, 0.15) is 5.75 Å². The van der Waals surface area contributed by atoms with Gasteiger partial charge in [-0.2, -0.15) is 0 Å². The Hall–Kier alpha value is -1.42. The summed E-state index contributed by atoms with van der Waals surface area (Å²) in [5.74, 6) is 3.12. The SMILES string of the molecule is CCCNCc1cc2c(cc1OCC(CC)CC)OCO2.